The maximum atomic E-state index is 13.3. The third-order valence-electron chi connectivity index (χ3n) is 5.63. The number of aromatic nitrogens is 5. The van der Waals surface area contributed by atoms with Crippen molar-refractivity contribution >= 4 is 29.0 Å². The van der Waals surface area contributed by atoms with Crippen LogP contribution in [0.1, 0.15) is 17.0 Å². The number of nitrogens with two attached hydrogens (primary N) is 1. The van der Waals surface area contributed by atoms with Crippen LogP contribution in [0.3, 0.4) is 0 Å². The Hall–Kier alpha value is -4.80. The predicted molar refractivity (Wildman–Crippen MR) is 128 cm³/mol. The molecule has 11 heteroatoms. The number of nitrogens with zero attached hydrogens (tertiary/aromatic N) is 6. The highest BCUT2D eigenvalue weighted by Gasteiger charge is 2.20. The normalized spacial score (nSPS) is 11.5. The number of fused-ring (bicyclic) bond motifs is 1. The molecule has 3 heterocycles. The number of amides is 1. The number of imidazole rings is 1. The van der Waals surface area contributed by atoms with Crippen molar-refractivity contribution in [1.82, 2.24) is 29.9 Å². The molecule has 5 rings (SSSR count). The van der Waals surface area contributed by atoms with Crippen LogP contribution in [-0.4, -0.2) is 36.6 Å². The van der Waals surface area contributed by atoms with Gasteiger partial charge in [0.15, 0.2) is 17.3 Å². The summed E-state index contributed by atoms with van der Waals surface area (Å²) in [6.45, 7) is 3.80. The molecule has 5 aromatic rings. The summed E-state index contributed by atoms with van der Waals surface area (Å²) in [7, 11) is 0. The Balaban J connectivity index is 1.36. The molecule has 0 unspecified atom stereocenters. The number of anilines is 1. The van der Waals surface area contributed by atoms with E-state index in [4.69, 9.17) is 10.4 Å². The molecule has 0 saturated heterocycles. The average Bonchev–Trinajstić information content (AvgIpc) is 3.50. The van der Waals surface area contributed by atoms with E-state index in [1.165, 1.54) is 12.1 Å². The standard InChI is InChI=1S/C24H21FN8O2/c1-14-11-16(15(2)33(14)18-9-7-17(25)8-10-18)12-27-29-21(34)13-32-20-6-4-3-5-19(20)28-24(32)22-23(26)31-35-30-22/h3-12H,13H2,1-2H3,(H2,26,31)(H,29,34)/b27-12-. The van der Waals surface area contributed by atoms with Gasteiger partial charge in [-0.15, -0.1) is 0 Å². The number of benzene rings is 2. The lowest BCUT2D eigenvalue weighted by Crippen LogP contribution is -2.23. The first-order valence-electron chi connectivity index (χ1n) is 10.7. The molecule has 0 fully saturated rings. The van der Waals surface area contributed by atoms with Crippen molar-refractivity contribution < 1.29 is 13.8 Å². The minimum Gasteiger partial charge on any atom is -0.379 e. The number of carbonyl (C=O) groups is 1. The Kier molecular flexibility index (Phi) is 5.57. The zero-order valence-corrected chi connectivity index (χ0v) is 18.9. The van der Waals surface area contributed by atoms with Crippen LogP contribution in [0.25, 0.3) is 28.2 Å². The zero-order chi connectivity index (χ0) is 24.5. The second-order valence-electron chi connectivity index (χ2n) is 7.94. The monoisotopic (exact) mass is 472 g/mol. The van der Waals surface area contributed by atoms with E-state index >= 15 is 0 Å². The van der Waals surface area contributed by atoms with Gasteiger partial charge in [0.05, 0.1) is 17.2 Å². The summed E-state index contributed by atoms with van der Waals surface area (Å²) < 4.78 is 21.7. The van der Waals surface area contributed by atoms with E-state index < -0.39 is 0 Å². The van der Waals surface area contributed by atoms with Gasteiger partial charge in [0.25, 0.3) is 5.91 Å². The maximum Gasteiger partial charge on any atom is 0.260 e. The first-order valence-corrected chi connectivity index (χ1v) is 10.7. The third kappa shape index (κ3) is 4.14. The second-order valence-corrected chi connectivity index (χ2v) is 7.94. The molecule has 0 spiro atoms. The molecule has 0 atom stereocenters. The Morgan fingerprint density at radius 2 is 1.94 bits per heavy atom. The van der Waals surface area contributed by atoms with E-state index in [0.29, 0.717) is 11.3 Å². The molecule has 176 valence electrons. The lowest BCUT2D eigenvalue weighted by molar-refractivity contribution is -0.121. The van der Waals surface area contributed by atoms with Gasteiger partial charge in [0.1, 0.15) is 12.4 Å². The van der Waals surface area contributed by atoms with Crippen LogP contribution in [0.15, 0.2) is 64.3 Å². The number of para-hydroxylation sites is 2. The molecule has 10 nitrogen and oxygen atoms in total. The van der Waals surface area contributed by atoms with Gasteiger partial charge in [0, 0.05) is 22.6 Å². The first kappa shape index (κ1) is 22.0. The number of hydrogen-bond acceptors (Lipinski definition) is 7. The Morgan fingerprint density at radius 1 is 1.17 bits per heavy atom. The van der Waals surface area contributed by atoms with Gasteiger partial charge in [-0.25, -0.2) is 19.4 Å². The summed E-state index contributed by atoms with van der Waals surface area (Å²) in [5, 5.41) is 11.6. The minimum absolute atomic E-state index is 0.0753. The molecule has 0 bridgehead atoms. The number of nitrogen functional groups attached to an aromatic ring is 1. The summed E-state index contributed by atoms with van der Waals surface area (Å²) in [5.74, 6) is -0.214. The maximum absolute atomic E-state index is 13.3. The van der Waals surface area contributed by atoms with Crippen molar-refractivity contribution in [3.8, 4) is 17.2 Å². The van der Waals surface area contributed by atoms with Gasteiger partial charge in [-0.2, -0.15) is 5.10 Å². The Bertz CT molecular complexity index is 1560. The fourth-order valence-corrected chi connectivity index (χ4v) is 4.03. The van der Waals surface area contributed by atoms with E-state index in [0.717, 1.165) is 28.2 Å². The fourth-order valence-electron chi connectivity index (χ4n) is 4.03. The second kappa shape index (κ2) is 8.86. The number of hydrazone groups is 1. The molecule has 0 aliphatic carbocycles. The highest BCUT2D eigenvalue weighted by Crippen LogP contribution is 2.26. The molecule has 0 radical (unpaired) electrons. The van der Waals surface area contributed by atoms with Crippen molar-refractivity contribution in [1.29, 1.82) is 0 Å². The summed E-state index contributed by atoms with van der Waals surface area (Å²) >= 11 is 0. The van der Waals surface area contributed by atoms with E-state index in [2.05, 4.69) is 25.8 Å². The van der Waals surface area contributed by atoms with Crippen molar-refractivity contribution in [2.24, 2.45) is 5.10 Å². The van der Waals surface area contributed by atoms with E-state index in [-0.39, 0.29) is 29.8 Å². The van der Waals surface area contributed by atoms with Crippen molar-refractivity contribution in [3.63, 3.8) is 0 Å². The molecule has 35 heavy (non-hydrogen) atoms. The zero-order valence-electron chi connectivity index (χ0n) is 18.9. The van der Waals surface area contributed by atoms with E-state index in [1.54, 1.807) is 22.9 Å². The van der Waals surface area contributed by atoms with Gasteiger partial charge in [0.2, 0.25) is 0 Å². The lowest BCUT2D eigenvalue weighted by atomic mass is 10.2. The SMILES string of the molecule is Cc1cc(/C=N\NC(=O)Cn2c(-c3nonc3N)nc3ccccc32)c(C)n1-c1ccc(F)cc1. The molecule has 2 aromatic carbocycles. The Morgan fingerprint density at radius 3 is 2.69 bits per heavy atom. The molecule has 0 aliphatic rings. The molecule has 1 amide bonds. The Labute approximate surface area is 198 Å². The number of aryl methyl sites for hydroxylation is 1. The summed E-state index contributed by atoms with van der Waals surface area (Å²) in [4.78, 5) is 17.3. The van der Waals surface area contributed by atoms with Gasteiger partial charge in [-0.1, -0.05) is 12.1 Å². The van der Waals surface area contributed by atoms with Crippen molar-refractivity contribution in [2.75, 3.05) is 5.73 Å². The predicted octanol–water partition coefficient (Wildman–Crippen LogP) is 3.37. The number of nitrogens with one attached hydrogen (secondary N) is 1. The van der Waals surface area contributed by atoms with Gasteiger partial charge in [-0.3, -0.25) is 4.79 Å². The van der Waals surface area contributed by atoms with Crippen LogP contribution in [0.2, 0.25) is 0 Å². The number of hydrogen-bond donors (Lipinski definition) is 2. The van der Waals surface area contributed by atoms with Crippen LogP contribution in [0, 0.1) is 19.7 Å². The van der Waals surface area contributed by atoms with Crippen LogP contribution in [0.4, 0.5) is 10.2 Å². The van der Waals surface area contributed by atoms with Crippen molar-refractivity contribution in [2.45, 2.75) is 20.4 Å². The van der Waals surface area contributed by atoms with Crippen LogP contribution in [-0.2, 0) is 11.3 Å². The van der Waals surface area contributed by atoms with Crippen LogP contribution >= 0.6 is 0 Å². The molecular weight excluding hydrogens is 451 g/mol. The van der Waals surface area contributed by atoms with Crippen LogP contribution in [0.5, 0.6) is 0 Å². The van der Waals surface area contributed by atoms with Gasteiger partial charge in [-0.05, 0) is 66.6 Å². The largest absolute Gasteiger partial charge is 0.379 e. The number of halogens is 1. The third-order valence-corrected chi connectivity index (χ3v) is 5.63. The summed E-state index contributed by atoms with van der Waals surface area (Å²) in [5.41, 5.74) is 13.6. The number of carbonyl (C=O) groups excluding carboxylic acids is 1. The van der Waals surface area contributed by atoms with E-state index in [1.807, 2.05) is 48.7 Å². The highest BCUT2D eigenvalue weighted by molar-refractivity contribution is 5.87. The van der Waals surface area contributed by atoms with Gasteiger partial charge >= 0.3 is 0 Å². The summed E-state index contributed by atoms with van der Waals surface area (Å²) in [6, 6.07) is 15.6. The topological polar surface area (TPSA) is 129 Å². The summed E-state index contributed by atoms with van der Waals surface area (Å²) in [6.07, 6.45) is 1.58. The fraction of sp³-hybridized carbons (Fsp3) is 0.125. The molecular formula is C24H21FN8O2. The van der Waals surface area contributed by atoms with Gasteiger partial charge < -0.3 is 14.9 Å². The minimum atomic E-state index is -0.368. The van der Waals surface area contributed by atoms with E-state index in [9.17, 15) is 9.18 Å². The lowest BCUT2D eigenvalue weighted by Gasteiger charge is -2.09. The van der Waals surface area contributed by atoms with Crippen molar-refractivity contribution in [3.05, 3.63) is 77.4 Å². The number of rotatable bonds is 6. The molecule has 0 saturated carbocycles. The van der Waals surface area contributed by atoms with Crippen LogP contribution < -0.4 is 11.2 Å². The molecule has 0 aliphatic heterocycles. The average molecular weight is 472 g/mol. The first-order chi connectivity index (χ1) is 16.9. The smallest absolute Gasteiger partial charge is 0.260 e. The molecule has 3 aromatic heterocycles. The molecule has 3 N–H and O–H groups in total. The quantitative estimate of drug-likeness (QED) is 0.288. The highest BCUT2D eigenvalue weighted by atomic mass is 19.1.